The lowest BCUT2D eigenvalue weighted by atomic mass is 9.83. The molecular weight excluding hydrogens is 170 g/mol. The first-order valence-corrected chi connectivity index (χ1v) is 6.48. The van der Waals surface area contributed by atoms with Gasteiger partial charge in [-0.3, -0.25) is 0 Å². The highest BCUT2D eigenvalue weighted by molar-refractivity contribution is 4.72. The predicted octanol–water partition coefficient (Wildman–Crippen LogP) is 3.54. The van der Waals surface area contributed by atoms with Crippen LogP contribution in [0.2, 0.25) is 0 Å². The van der Waals surface area contributed by atoms with Gasteiger partial charge in [-0.1, -0.05) is 33.6 Å². The van der Waals surface area contributed by atoms with Crippen LogP contribution in [0.15, 0.2) is 0 Å². The van der Waals surface area contributed by atoms with Gasteiger partial charge in [0.15, 0.2) is 0 Å². The first-order chi connectivity index (χ1) is 6.76. The van der Waals surface area contributed by atoms with Gasteiger partial charge in [0.1, 0.15) is 0 Å². The lowest BCUT2D eigenvalue weighted by molar-refractivity contribution is 0.190. The Hall–Kier alpha value is -0.0400. The average Bonchev–Trinajstić information content (AvgIpc) is 2.20. The summed E-state index contributed by atoms with van der Waals surface area (Å²) in [6.07, 6.45) is 7.18. The molecule has 1 aliphatic carbocycles. The maximum absolute atomic E-state index is 2.63. The Morgan fingerprint density at radius 3 is 2.21 bits per heavy atom. The van der Waals surface area contributed by atoms with E-state index in [1.807, 2.05) is 0 Å². The number of nitrogens with zero attached hydrogens (tertiary/aromatic N) is 1. The fraction of sp³-hybridized carbons (Fsp3) is 1.00. The van der Waals surface area contributed by atoms with Crippen LogP contribution in [0.4, 0.5) is 0 Å². The topological polar surface area (TPSA) is 3.24 Å². The minimum Gasteiger partial charge on any atom is -0.303 e. The molecule has 0 heterocycles. The third-order valence-corrected chi connectivity index (χ3v) is 3.64. The summed E-state index contributed by atoms with van der Waals surface area (Å²) in [5.41, 5.74) is 0. The fourth-order valence-corrected chi connectivity index (χ4v) is 2.57. The van der Waals surface area contributed by atoms with Crippen molar-refractivity contribution in [3.8, 4) is 0 Å². The van der Waals surface area contributed by atoms with Crippen molar-refractivity contribution in [3.63, 3.8) is 0 Å². The largest absolute Gasteiger partial charge is 0.303 e. The first kappa shape index (κ1) is 12.0. The molecule has 0 aromatic heterocycles. The van der Waals surface area contributed by atoms with Gasteiger partial charge in [-0.05, 0) is 44.2 Å². The third kappa shape index (κ3) is 4.00. The van der Waals surface area contributed by atoms with Crippen molar-refractivity contribution in [2.75, 3.05) is 19.6 Å². The van der Waals surface area contributed by atoms with E-state index in [2.05, 4.69) is 25.7 Å². The zero-order chi connectivity index (χ0) is 10.4. The Labute approximate surface area is 89.9 Å². The molecular formula is C13H27N. The molecule has 1 rings (SSSR count). The minimum absolute atomic E-state index is 0.993. The van der Waals surface area contributed by atoms with Crippen molar-refractivity contribution in [1.29, 1.82) is 0 Å². The van der Waals surface area contributed by atoms with Crippen LogP contribution in [0.5, 0.6) is 0 Å². The average molecular weight is 197 g/mol. The molecule has 0 aromatic carbocycles. The van der Waals surface area contributed by atoms with E-state index in [0.29, 0.717) is 0 Å². The van der Waals surface area contributed by atoms with Crippen LogP contribution in [0, 0.1) is 11.8 Å². The van der Waals surface area contributed by atoms with Crippen molar-refractivity contribution < 1.29 is 0 Å². The maximum Gasteiger partial charge on any atom is 0.000954 e. The summed E-state index contributed by atoms with van der Waals surface area (Å²) in [4.78, 5) is 2.63. The minimum atomic E-state index is 0.993. The van der Waals surface area contributed by atoms with E-state index >= 15 is 0 Å². The molecule has 0 atom stereocenters. The van der Waals surface area contributed by atoms with Crippen LogP contribution in [0.3, 0.4) is 0 Å². The summed E-state index contributed by atoms with van der Waals surface area (Å²) in [5.74, 6) is 1.99. The number of hydrogen-bond acceptors (Lipinski definition) is 1. The van der Waals surface area contributed by atoms with Gasteiger partial charge in [-0.2, -0.15) is 0 Å². The zero-order valence-electron chi connectivity index (χ0n) is 10.3. The van der Waals surface area contributed by atoms with Gasteiger partial charge in [0.25, 0.3) is 0 Å². The Bertz CT molecular complexity index is 136. The van der Waals surface area contributed by atoms with Crippen molar-refractivity contribution in [2.45, 2.75) is 52.9 Å². The van der Waals surface area contributed by atoms with Gasteiger partial charge >= 0.3 is 0 Å². The van der Waals surface area contributed by atoms with Gasteiger partial charge in [0, 0.05) is 6.54 Å². The van der Waals surface area contributed by atoms with Gasteiger partial charge in [-0.15, -0.1) is 0 Å². The molecule has 0 radical (unpaired) electrons. The second kappa shape index (κ2) is 6.44. The summed E-state index contributed by atoms with van der Waals surface area (Å²) >= 11 is 0. The Balaban J connectivity index is 2.21. The van der Waals surface area contributed by atoms with Crippen molar-refractivity contribution >= 4 is 0 Å². The smallest absolute Gasteiger partial charge is 0.000954 e. The molecule has 1 aliphatic rings. The molecule has 1 heteroatoms. The molecule has 1 fully saturated rings. The quantitative estimate of drug-likeness (QED) is 0.651. The summed E-state index contributed by atoms with van der Waals surface area (Å²) in [6.45, 7) is 10.9. The molecule has 84 valence electrons. The molecule has 0 spiro atoms. The summed E-state index contributed by atoms with van der Waals surface area (Å²) in [7, 11) is 0. The molecule has 14 heavy (non-hydrogen) atoms. The molecule has 0 N–H and O–H groups in total. The normalized spacial score (nSPS) is 28.3. The monoisotopic (exact) mass is 197 g/mol. The number of hydrogen-bond donors (Lipinski definition) is 0. The van der Waals surface area contributed by atoms with E-state index in [0.717, 1.165) is 11.8 Å². The SMILES string of the molecule is CCCN(CC)CC1CCC(C)CC1. The van der Waals surface area contributed by atoms with E-state index in [-0.39, 0.29) is 0 Å². The highest BCUT2D eigenvalue weighted by Crippen LogP contribution is 2.28. The predicted molar refractivity (Wildman–Crippen MR) is 63.5 cm³/mol. The van der Waals surface area contributed by atoms with E-state index in [1.165, 1.54) is 51.7 Å². The molecule has 0 amide bonds. The van der Waals surface area contributed by atoms with Gasteiger partial charge in [0.2, 0.25) is 0 Å². The second-order valence-electron chi connectivity index (χ2n) is 5.02. The first-order valence-electron chi connectivity index (χ1n) is 6.48. The van der Waals surface area contributed by atoms with Crippen molar-refractivity contribution in [2.24, 2.45) is 11.8 Å². The van der Waals surface area contributed by atoms with E-state index < -0.39 is 0 Å². The van der Waals surface area contributed by atoms with E-state index in [9.17, 15) is 0 Å². The van der Waals surface area contributed by atoms with Gasteiger partial charge in [-0.25, -0.2) is 0 Å². The Kier molecular flexibility index (Phi) is 5.54. The zero-order valence-corrected chi connectivity index (χ0v) is 10.3. The fourth-order valence-electron chi connectivity index (χ4n) is 2.57. The van der Waals surface area contributed by atoms with Crippen molar-refractivity contribution in [3.05, 3.63) is 0 Å². The molecule has 0 bridgehead atoms. The molecule has 1 saturated carbocycles. The van der Waals surface area contributed by atoms with Crippen LogP contribution in [-0.4, -0.2) is 24.5 Å². The molecule has 0 aromatic rings. The standard InChI is InChI=1S/C13H27N/c1-4-10-14(5-2)11-13-8-6-12(3)7-9-13/h12-13H,4-11H2,1-3H3. The highest BCUT2D eigenvalue weighted by atomic mass is 15.1. The number of rotatable bonds is 5. The summed E-state index contributed by atoms with van der Waals surface area (Å²) in [5, 5.41) is 0. The summed E-state index contributed by atoms with van der Waals surface area (Å²) < 4.78 is 0. The maximum atomic E-state index is 2.63. The van der Waals surface area contributed by atoms with Gasteiger partial charge < -0.3 is 4.90 Å². The molecule has 0 saturated heterocycles. The van der Waals surface area contributed by atoms with E-state index in [1.54, 1.807) is 0 Å². The van der Waals surface area contributed by atoms with Crippen LogP contribution in [0.1, 0.15) is 52.9 Å². The lowest BCUT2D eigenvalue weighted by Crippen LogP contribution is -2.31. The van der Waals surface area contributed by atoms with Crippen LogP contribution in [0.25, 0.3) is 0 Å². The Morgan fingerprint density at radius 2 is 1.71 bits per heavy atom. The van der Waals surface area contributed by atoms with Crippen LogP contribution in [-0.2, 0) is 0 Å². The Morgan fingerprint density at radius 1 is 1.07 bits per heavy atom. The summed E-state index contributed by atoms with van der Waals surface area (Å²) in [6, 6.07) is 0. The van der Waals surface area contributed by atoms with E-state index in [4.69, 9.17) is 0 Å². The van der Waals surface area contributed by atoms with Gasteiger partial charge in [0.05, 0.1) is 0 Å². The van der Waals surface area contributed by atoms with Crippen molar-refractivity contribution in [1.82, 2.24) is 4.90 Å². The lowest BCUT2D eigenvalue weighted by Gasteiger charge is -2.31. The van der Waals surface area contributed by atoms with Crippen LogP contribution < -0.4 is 0 Å². The van der Waals surface area contributed by atoms with Crippen LogP contribution >= 0.6 is 0 Å². The highest BCUT2D eigenvalue weighted by Gasteiger charge is 2.19. The molecule has 0 aliphatic heterocycles. The molecule has 0 unspecified atom stereocenters. The molecule has 1 nitrogen and oxygen atoms in total. The third-order valence-electron chi connectivity index (χ3n) is 3.64. The second-order valence-corrected chi connectivity index (χ2v) is 5.02.